The fourth-order valence-corrected chi connectivity index (χ4v) is 4.83. The number of fused-ring (bicyclic) bond motifs is 1. The summed E-state index contributed by atoms with van der Waals surface area (Å²) in [5.74, 6) is -0.510. The third-order valence-electron chi connectivity index (χ3n) is 4.75. The number of esters is 1. The number of carbonyl (C=O) groups excluding carboxylic acids is 1. The summed E-state index contributed by atoms with van der Waals surface area (Å²) in [7, 11) is -3.78. The summed E-state index contributed by atoms with van der Waals surface area (Å²) in [5, 5.41) is 11.1. The van der Waals surface area contributed by atoms with Crippen LogP contribution in [-0.4, -0.2) is 32.6 Å². The van der Waals surface area contributed by atoms with Gasteiger partial charge in [-0.25, -0.2) is 8.42 Å². The lowest BCUT2D eigenvalue weighted by Gasteiger charge is -2.39. The van der Waals surface area contributed by atoms with E-state index in [4.69, 9.17) is 4.74 Å². The lowest BCUT2D eigenvalue weighted by molar-refractivity contribution is -0.149. The van der Waals surface area contributed by atoms with Crippen molar-refractivity contribution in [3.63, 3.8) is 0 Å². The zero-order chi connectivity index (χ0) is 19.7. The Morgan fingerprint density at radius 1 is 1.19 bits per heavy atom. The molecule has 0 saturated heterocycles. The van der Waals surface area contributed by atoms with Crippen molar-refractivity contribution in [3.8, 4) is 0 Å². The van der Waals surface area contributed by atoms with Crippen LogP contribution in [0.2, 0.25) is 0 Å². The van der Waals surface area contributed by atoms with Crippen LogP contribution < -0.4 is 4.31 Å². The van der Waals surface area contributed by atoms with Gasteiger partial charge in [-0.2, -0.15) is 0 Å². The van der Waals surface area contributed by atoms with Crippen LogP contribution in [0.15, 0.2) is 53.4 Å². The molecular weight excluding hydrogens is 366 g/mol. The molecular formula is C20H23NO5S. The van der Waals surface area contributed by atoms with Gasteiger partial charge in [0.1, 0.15) is 5.60 Å². The number of aliphatic hydroxyl groups is 1. The maximum absolute atomic E-state index is 13.1. The van der Waals surface area contributed by atoms with Crippen molar-refractivity contribution in [2.45, 2.75) is 37.2 Å². The second-order valence-electron chi connectivity index (χ2n) is 6.67. The van der Waals surface area contributed by atoms with Gasteiger partial charge in [-0.1, -0.05) is 35.9 Å². The number of para-hydroxylation sites is 1. The van der Waals surface area contributed by atoms with E-state index in [0.29, 0.717) is 11.3 Å². The molecule has 3 rings (SSSR count). The maximum Gasteiger partial charge on any atom is 0.309 e. The van der Waals surface area contributed by atoms with Crippen LogP contribution in [0, 0.1) is 6.92 Å². The summed E-state index contributed by atoms with van der Waals surface area (Å²) >= 11 is 0. The molecule has 144 valence electrons. The number of rotatable bonds is 5. The average molecular weight is 389 g/mol. The normalized spacial score (nSPS) is 19.4. The molecule has 1 aliphatic rings. The first kappa shape index (κ1) is 19.4. The van der Waals surface area contributed by atoms with E-state index in [1.54, 1.807) is 55.5 Å². The van der Waals surface area contributed by atoms with Crippen molar-refractivity contribution >= 4 is 21.7 Å². The Morgan fingerprint density at radius 3 is 2.52 bits per heavy atom. The van der Waals surface area contributed by atoms with Crippen LogP contribution in [0.1, 0.15) is 30.9 Å². The molecule has 1 heterocycles. The lowest BCUT2D eigenvalue weighted by Crippen LogP contribution is -2.44. The number of aryl methyl sites for hydroxylation is 1. The molecule has 0 fully saturated rings. The van der Waals surface area contributed by atoms with Crippen molar-refractivity contribution in [2.75, 3.05) is 17.5 Å². The number of hydrogen-bond donors (Lipinski definition) is 1. The van der Waals surface area contributed by atoms with Crippen LogP contribution in [0.5, 0.6) is 0 Å². The van der Waals surface area contributed by atoms with Gasteiger partial charge < -0.3 is 9.84 Å². The monoisotopic (exact) mass is 389 g/mol. The smallest absolute Gasteiger partial charge is 0.309 e. The van der Waals surface area contributed by atoms with Crippen LogP contribution in [0.4, 0.5) is 5.69 Å². The van der Waals surface area contributed by atoms with Gasteiger partial charge in [-0.15, -0.1) is 0 Å². The van der Waals surface area contributed by atoms with Gasteiger partial charge in [-0.3, -0.25) is 9.10 Å². The second-order valence-corrected chi connectivity index (χ2v) is 8.53. The predicted molar refractivity (Wildman–Crippen MR) is 102 cm³/mol. The topological polar surface area (TPSA) is 83.9 Å². The molecule has 1 atom stereocenters. The van der Waals surface area contributed by atoms with Crippen LogP contribution >= 0.6 is 0 Å². The number of hydrogen-bond acceptors (Lipinski definition) is 5. The largest absolute Gasteiger partial charge is 0.466 e. The van der Waals surface area contributed by atoms with Crippen molar-refractivity contribution in [1.29, 1.82) is 0 Å². The molecule has 0 bridgehead atoms. The van der Waals surface area contributed by atoms with Gasteiger partial charge in [0, 0.05) is 12.1 Å². The van der Waals surface area contributed by atoms with E-state index in [0.717, 1.165) is 5.56 Å². The molecule has 1 N–H and O–H groups in total. The summed E-state index contributed by atoms with van der Waals surface area (Å²) in [5.41, 5.74) is 0.315. The first-order valence-electron chi connectivity index (χ1n) is 8.85. The molecule has 0 spiro atoms. The minimum Gasteiger partial charge on any atom is -0.466 e. The Labute approximate surface area is 159 Å². The van der Waals surface area contributed by atoms with E-state index in [9.17, 15) is 18.3 Å². The first-order valence-corrected chi connectivity index (χ1v) is 10.3. The minimum atomic E-state index is -3.78. The Bertz CT molecular complexity index is 939. The summed E-state index contributed by atoms with van der Waals surface area (Å²) in [6, 6.07) is 13.4. The summed E-state index contributed by atoms with van der Waals surface area (Å²) in [6.07, 6.45) is -0.107. The molecule has 0 aromatic heterocycles. The number of benzene rings is 2. The van der Waals surface area contributed by atoms with E-state index < -0.39 is 21.6 Å². The Kier molecular flexibility index (Phi) is 5.26. The molecule has 27 heavy (non-hydrogen) atoms. The highest BCUT2D eigenvalue weighted by atomic mass is 32.2. The van der Waals surface area contributed by atoms with E-state index in [1.165, 1.54) is 4.31 Å². The minimum absolute atomic E-state index is 0.0725. The van der Waals surface area contributed by atoms with Crippen molar-refractivity contribution in [1.82, 2.24) is 0 Å². The zero-order valence-electron chi connectivity index (χ0n) is 15.4. The SMILES string of the molecule is CCOC(=O)C[C@@]1(O)CCN(S(=O)(=O)c2ccc(C)cc2)c2ccccc21. The molecule has 0 saturated carbocycles. The zero-order valence-corrected chi connectivity index (χ0v) is 16.2. The van der Waals surface area contributed by atoms with E-state index in [2.05, 4.69) is 0 Å². The fraction of sp³-hybridized carbons (Fsp3) is 0.350. The Balaban J connectivity index is 2.01. The van der Waals surface area contributed by atoms with Crippen LogP contribution in [-0.2, 0) is 25.2 Å². The van der Waals surface area contributed by atoms with Gasteiger partial charge in [0.15, 0.2) is 0 Å². The molecule has 7 heteroatoms. The Morgan fingerprint density at radius 2 is 1.85 bits per heavy atom. The standard InChI is InChI=1S/C20H23NO5S/c1-3-26-19(22)14-20(23)12-13-21(18-7-5-4-6-17(18)20)27(24,25)16-10-8-15(2)9-11-16/h4-11,23H,3,12-14H2,1-2H3/t20-/m0/s1. The molecule has 1 aliphatic heterocycles. The molecule has 0 unspecified atom stereocenters. The number of carbonyl (C=O) groups is 1. The number of nitrogens with zero attached hydrogens (tertiary/aromatic N) is 1. The molecule has 6 nitrogen and oxygen atoms in total. The highest BCUT2D eigenvalue weighted by Crippen LogP contribution is 2.42. The molecule has 0 radical (unpaired) electrons. The van der Waals surface area contributed by atoms with Crippen molar-refractivity contribution in [2.24, 2.45) is 0 Å². The predicted octanol–water partition coefficient (Wildman–Crippen LogP) is 2.73. The summed E-state index contributed by atoms with van der Waals surface area (Å²) in [4.78, 5) is 12.1. The second kappa shape index (κ2) is 7.32. The first-order chi connectivity index (χ1) is 12.8. The van der Waals surface area contributed by atoms with Crippen LogP contribution in [0.3, 0.4) is 0 Å². The van der Waals surface area contributed by atoms with Gasteiger partial charge in [-0.05, 0) is 38.5 Å². The molecule has 2 aromatic carbocycles. The van der Waals surface area contributed by atoms with Gasteiger partial charge >= 0.3 is 5.97 Å². The van der Waals surface area contributed by atoms with Crippen molar-refractivity contribution in [3.05, 3.63) is 59.7 Å². The highest BCUT2D eigenvalue weighted by molar-refractivity contribution is 7.92. The van der Waals surface area contributed by atoms with E-state index >= 15 is 0 Å². The highest BCUT2D eigenvalue weighted by Gasteiger charge is 2.42. The Hall–Kier alpha value is -2.38. The maximum atomic E-state index is 13.1. The van der Waals surface area contributed by atoms with E-state index in [1.807, 2.05) is 6.92 Å². The average Bonchev–Trinajstić information content (AvgIpc) is 2.62. The molecule has 0 aliphatic carbocycles. The number of sulfonamides is 1. The quantitative estimate of drug-likeness (QED) is 0.795. The van der Waals surface area contributed by atoms with Gasteiger partial charge in [0.25, 0.3) is 10.0 Å². The molecule has 2 aromatic rings. The summed E-state index contributed by atoms with van der Waals surface area (Å²) in [6.45, 7) is 3.89. The van der Waals surface area contributed by atoms with Gasteiger partial charge in [0.05, 0.1) is 23.6 Å². The lowest BCUT2D eigenvalue weighted by atomic mass is 9.83. The number of ether oxygens (including phenoxy) is 1. The third-order valence-corrected chi connectivity index (χ3v) is 6.58. The van der Waals surface area contributed by atoms with Crippen molar-refractivity contribution < 1.29 is 23.1 Å². The summed E-state index contributed by atoms with van der Waals surface area (Å²) < 4.78 is 32.6. The third kappa shape index (κ3) is 3.70. The van der Waals surface area contributed by atoms with Crippen LogP contribution in [0.25, 0.3) is 0 Å². The van der Waals surface area contributed by atoms with Gasteiger partial charge in [0.2, 0.25) is 0 Å². The van der Waals surface area contributed by atoms with E-state index in [-0.39, 0.29) is 30.9 Å². The fourth-order valence-electron chi connectivity index (χ4n) is 3.35. The molecule has 0 amide bonds. The number of anilines is 1.